The summed E-state index contributed by atoms with van der Waals surface area (Å²) in [7, 11) is 0. The van der Waals surface area contributed by atoms with E-state index >= 15 is 0 Å². The number of fused-ring (bicyclic) bond motifs is 9. The molecule has 1 aliphatic rings. The van der Waals surface area contributed by atoms with Gasteiger partial charge in [-0.15, -0.1) is 0 Å². The molecule has 2 heterocycles. The van der Waals surface area contributed by atoms with Crippen LogP contribution in [0.5, 0.6) is 0 Å². The Hall–Kier alpha value is -6.06. The molecule has 2 N–H and O–H groups in total. The monoisotopic (exact) mass is 605 g/mol. The predicted octanol–water partition coefficient (Wildman–Crippen LogP) is 11.3. The van der Waals surface area contributed by atoms with Crippen molar-refractivity contribution in [3.05, 3.63) is 175 Å². The highest BCUT2D eigenvalue weighted by molar-refractivity contribution is 6.12. The Morgan fingerprint density at radius 2 is 1.17 bits per heavy atom. The van der Waals surface area contributed by atoms with E-state index in [1.165, 1.54) is 71.6 Å². The van der Waals surface area contributed by atoms with Crippen LogP contribution in [0.15, 0.2) is 164 Å². The number of hydrogen-bond acceptors (Lipinski definition) is 1. The molecular weight excluding hydrogens is 571 g/mol. The lowest BCUT2D eigenvalue weighted by atomic mass is 10.0. The minimum Gasteiger partial charge on any atom is -0.398 e. The summed E-state index contributed by atoms with van der Waals surface area (Å²) in [6.45, 7) is 6.17. The van der Waals surface area contributed by atoms with Crippen molar-refractivity contribution in [2.75, 3.05) is 5.73 Å². The Morgan fingerprint density at radius 3 is 1.83 bits per heavy atom. The number of hydrogen-bond donors (Lipinski definition) is 1. The van der Waals surface area contributed by atoms with Gasteiger partial charge in [0.05, 0.1) is 11.0 Å². The highest BCUT2D eigenvalue weighted by atomic mass is 15.0. The molecule has 0 bridgehead atoms. The lowest BCUT2D eigenvalue weighted by Crippen LogP contribution is -1.98. The van der Waals surface area contributed by atoms with Crippen LogP contribution in [0.1, 0.15) is 18.1 Å². The van der Waals surface area contributed by atoms with Gasteiger partial charge < -0.3 is 14.9 Å². The molecule has 226 valence electrons. The second-order valence-electron chi connectivity index (χ2n) is 11.9. The van der Waals surface area contributed by atoms with Crippen molar-refractivity contribution in [3.63, 3.8) is 0 Å². The van der Waals surface area contributed by atoms with Crippen molar-refractivity contribution in [3.8, 4) is 16.8 Å². The van der Waals surface area contributed by atoms with Crippen molar-refractivity contribution in [2.45, 2.75) is 13.5 Å². The summed E-state index contributed by atoms with van der Waals surface area (Å²) < 4.78 is 4.83. The molecule has 0 saturated carbocycles. The number of aromatic nitrogens is 2. The van der Waals surface area contributed by atoms with Gasteiger partial charge in [0.2, 0.25) is 0 Å². The second kappa shape index (κ2) is 11.7. The predicted molar refractivity (Wildman–Crippen MR) is 202 cm³/mol. The third-order valence-corrected chi connectivity index (χ3v) is 9.27. The van der Waals surface area contributed by atoms with E-state index in [4.69, 9.17) is 5.73 Å². The van der Waals surface area contributed by atoms with E-state index in [2.05, 4.69) is 149 Å². The summed E-state index contributed by atoms with van der Waals surface area (Å²) in [5.74, 6) is 0. The van der Waals surface area contributed by atoms with Crippen molar-refractivity contribution >= 4 is 54.9 Å². The van der Waals surface area contributed by atoms with Gasteiger partial charge in [-0.2, -0.15) is 0 Å². The molecule has 47 heavy (non-hydrogen) atoms. The molecule has 0 atom stereocenters. The molecule has 1 aliphatic carbocycles. The highest BCUT2D eigenvalue weighted by Gasteiger charge is 2.25. The van der Waals surface area contributed by atoms with E-state index in [0.29, 0.717) is 0 Å². The SMILES string of the molecule is C=C/C=C\C.Nc1cccc2c1/C(=C\Cn1c3ccccc3c3cc(-n4c5ccccc5c5ccccc54)ccc31)c1ccccc1-2. The zero-order chi connectivity index (χ0) is 31.9. The van der Waals surface area contributed by atoms with Crippen molar-refractivity contribution in [1.29, 1.82) is 0 Å². The number of nitrogens with zero attached hydrogens (tertiary/aromatic N) is 2. The maximum absolute atomic E-state index is 6.56. The van der Waals surface area contributed by atoms with Crippen LogP contribution < -0.4 is 5.73 Å². The van der Waals surface area contributed by atoms with Crippen LogP contribution in [-0.4, -0.2) is 9.13 Å². The third-order valence-electron chi connectivity index (χ3n) is 9.27. The Labute approximate surface area is 274 Å². The van der Waals surface area contributed by atoms with Gasteiger partial charge in [0.15, 0.2) is 0 Å². The smallest absolute Gasteiger partial charge is 0.0541 e. The van der Waals surface area contributed by atoms with Crippen LogP contribution in [0.3, 0.4) is 0 Å². The number of allylic oxidation sites excluding steroid dienone is 4. The fourth-order valence-electron chi connectivity index (χ4n) is 7.29. The van der Waals surface area contributed by atoms with Crippen molar-refractivity contribution in [1.82, 2.24) is 9.13 Å². The third kappa shape index (κ3) is 4.59. The molecule has 0 spiro atoms. The van der Waals surface area contributed by atoms with Crippen LogP contribution in [-0.2, 0) is 6.54 Å². The number of para-hydroxylation sites is 3. The van der Waals surface area contributed by atoms with Crippen LogP contribution in [0.25, 0.3) is 66.0 Å². The molecule has 6 aromatic carbocycles. The Morgan fingerprint density at radius 1 is 0.596 bits per heavy atom. The van der Waals surface area contributed by atoms with E-state index in [9.17, 15) is 0 Å². The summed E-state index contributed by atoms with van der Waals surface area (Å²) in [5, 5.41) is 5.08. The molecule has 0 saturated heterocycles. The van der Waals surface area contributed by atoms with Crippen LogP contribution in [0.2, 0.25) is 0 Å². The standard InChI is InChI=1S/C39H27N3.C5H8/c40-34-16-9-15-31-26-10-1-2-11-27(26)32(39(31)34)22-23-41-35-17-6-3-14-30(35)33-24-25(20-21-36(33)41)42-37-18-7-4-12-28(37)29-13-5-8-19-38(29)42;1-3-5-4-2/h1-22,24H,23,40H2;3-5H,1H2,2H3/b32-22-;5-4-. The molecule has 0 radical (unpaired) electrons. The van der Waals surface area contributed by atoms with Gasteiger partial charge in [0.1, 0.15) is 0 Å². The molecule has 0 amide bonds. The van der Waals surface area contributed by atoms with Crippen LogP contribution in [0, 0.1) is 0 Å². The minimum atomic E-state index is 0.746. The average Bonchev–Trinajstić information content (AvgIpc) is 3.74. The number of nitrogen functional groups attached to an aromatic ring is 1. The molecule has 0 fully saturated rings. The first kappa shape index (κ1) is 28.4. The number of anilines is 1. The summed E-state index contributed by atoms with van der Waals surface area (Å²) >= 11 is 0. The normalized spacial score (nSPS) is 13.0. The van der Waals surface area contributed by atoms with Gasteiger partial charge >= 0.3 is 0 Å². The lowest BCUT2D eigenvalue weighted by Gasteiger charge is -2.10. The first-order valence-corrected chi connectivity index (χ1v) is 16.1. The number of benzene rings is 6. The van der Waals surface area contributed by atoms with E-state index < -0.39 is 0 Å². The topological polar surface area (TPSA) is 35.9 Å². The lowest BCUT2D eigenvalue weighted by molar-refractivity contribution is 0.900. The quantitative estimate of drug-likeness (QED) is 0.157. The van der Waals surface area contributed by atoms with Crippen molar-refractivity contribution in [2.24, 2.45) is 0 Å². The second-order valence-corrected chi connectivity index (χ2v) is 11.9. The minimum absolute atomic E-state index is 0.746. The highest BCUT2D eigenvalue weighted by Crippen LogP contribution is 2.47. The Bertz CT molecular complexity index is 2480. The summed E-state index contributed by atoms with van der Waals surface area (Å²) in [6, 6.07) is 47.9. The van der Waals surface area contributed by atoms with Gasteiger partial charge in [-0.25, -0.2) is 0 Å². The average molecular weight is 606 g/mol. The summed E-state index contributed by atoms with van der Waals surface area (Å²) in [4.78, 5) is 0. The number of rotatable bonds is 4. The van der Waals surface area contributed by atoms with Gasteiger partial charge in [-0.3, -0.25) is 0 Å². The van der Waals surface area contributed by atoms with Gasteiger partial charge in [0, 0.05) is 56.1 Å². The van der Waals surface area contributed by atoms with E-state index in [0.717, 1.165) is 17.8 Å². The Balaban J connectivity index is 0.000000606. The molecule has 0 aliphatic heterocycles. The Kier molecular flexibility index (Phi) is 7.08. The largest absolute Gasteiger partial charge is 0.398 e. The molecule has 8 aromatic rings. The first-order chi connectivity index (χ1) is 23.2. The summed E-state index contributed by atoms with van der Waals surface area (Å²) in [6.07, 6.45) is 7.93. The molecule has 9 rings (SSSR count). The molecular formula is C44H35N3. The fraction of sp³-hybridized carbons (Fsp3) is 0.0455. The van der Waals surface area contributed by atoms with Gasteiger partial charge in [-0.1, -0.05) is 122 Å². The molecule has 2 aromatic heterocycles. The van der Waals surface area contributed by atoms with Crippen LogP contribution in [0.4, 0.5) is 5.69 Å². The zero-order valence-electron chi connectivity index (χ0n) is 26.4. The fourth-order valence-corrected chi connectivity index (χ4v) is 7.29. The number of nitrogens with two attached hydrogens (primary N) is 1. The van der Waals surface area contributed by atoms with Crippen LogP contribution >= 0.6 is 0 Å². The first-order valence-electron chi connectivity index (χ1n) is 16.1. The molecule has 3 heteroatoms. The van der Waals surface area contributed by atoms with Gasteiger partial charge in [-0.05, 0) is 71.7 Å². The zero-order valence-corrected chi connectivity index (χ0v) is 26.4. The van der Waals surface area contributed by atoms with E-state index in [1.807, 2.05) is 25.1 Å². The van der Waals surface area contributed by atoms with E-state index in [1.54, 1.807) is 6.08 Å². The van der Waals surface area contributed by atoms with Crippen molar-refractivity contribution < 1.29 is 0 Å². The maximum Gasteiger partial charge on any atom is 0.0541 e. The maximum atomic E-state index is 6.56. The molecule has 0 unspecified atom stereocenters. The van der Waals surface area contributed by atoms with E-state index in [-0.39, 0.29) is 0 Å². The van der Waals surface area contributed by atoms with Gasteiger partial charge in [0.25, 0.3) is 0 Å². The molecule has 3 nitrogen and oxygen atoms in total. The summed E-state index contributed by atoms with van der Waals surface area (Å²) in [5.41, 5.74) is 19.6.